The Bertz CT molecular complexity index is 653. The van der Waals surface area contributed by atoms with Crippen molar-refractivity contribution in [3.05, 3.63) is 28.7 Å². The van der Waals surface area contributed by atoms with Crippen LogP contribution >= 0.6 is 15.9 Å². The van der Waals surface area contributed by atoms with E-state index in [1.165, 1.54) is 12.8 Å². The predicted molar refractivity (Wildman–Crippen MR) is 95.7 cm³/mol. The number of hydrogen-bond acceptors (Lipinski definition) is 3. The van der Waals surface area contributed by atoms with Gasteiger partial charge in [0.2, 0.25) is 11.8 Å². The molecule has 2 N–H and O–H groups in total. The number of nitrogens with one attached hydrogen (secondary N) is 2. The van der Waals surface area contributed by atoms with Crippen molar-refractivity contribution in [2.45, 2.75) is 50.2 Å². The van der Waals surface area contributed by atoms with E-state index in [0.29, 0.717) is 25.0 Å². The zero-order chi connectivity index (χ0) is 16.7. The van der Waals surface area contributed by atoms with Crippen molar-refractivity contribution in [1.82, 2.24) is 10.6 Å². The maximum absolute atomic E-state index is 12.7. The fourth-order valence-electron chi connectivity index (χ4n) is 4.31. The van der Waals surface area contributed by atoms with Crippen LogP contribution in [0.4, 0.5) is 5.69 Å². The molecule has 24 heavy (non-hydrogen) atoms. The minimum Gasteiger partial charge on any atom is -0.353 e. The summed E-state index contributed by atoms with van der Waals surface area (Å²) in [7, 11) is 0. The lowest BCUT2D eigenvalue weighted by atomic mass is 9.98. The van der Waals surface area contributed by atoms with Crippen LogP contribution in [-0.4, -0.2) is 36.5 Å². The van der Waals surface area contributed by atoms with Gasteiger partial charge in [0.15, 0.2) is 0 Å². The number of carbonyl (C=O) groups excluding carboxylic acids is 2. The van der Waals surface area contributed by atoms with Gasteiger partial charge in [-0.05, 0) is 60.2 Å². The molecule has 3 saturated heterocycles. The lowest BCUT2D eigenvalue weighted by Gasteiger charge is -2.30. The van der Waals surface area contributed by atoms with E-state index in [1.807, 2.05) is 24.3 Å². The van der Waals surface area contributed by atoms with Gasteiger partial charge in [0.25, 0.3) is 0 Å². The average molecular weight is 392 g/mol. The summed E-state index contributed by atoms with van der Waals surface area (Å²) in [5.41, 5.74) is 0.845. The van der Waals surface area contributed by atoms with E-state index in [2.05, 4.69) is 26.6 Å². The van der Waals surface area contributed by atoms with Crippen LogP contribution in [0.1, 0.15) is 32.1 Å². The third kappa shape index (κ3) is 2.97. The molecule has 3 unspecified atom stereocenters. The van der Waals surface area contributed by atoms with Crippen molar-refractivity contribution in [3.63, 3.8) is 0 Å². The highest BCUT2D eigenvalue weighted by molar-refractivity contribution is 9.10. The molecule has 0 saturated carbocycles. The fraction of sp³-hybridized carbons (Fsp3) is 0.556. The molecule has 5 nitrogen and oxygen atoms in total. The van der Waals surface area contributed by atoms with E-state index in [1.54, 1.807) is 4.90 Å². The first-order chi connectivity index (χ1) is 11.6. The van der Waals surface area contributed by atoms with Crippen LogP contribution in [0, 0.1) is 5.92 Å². The summed E-state index contributed by atoms with van der Waals surface area (Å²) in [5.74, 6) is -0.734. The minimum atomic E-state index is -0.551. The van der Waals surface area contributed by atoms with Gasteiger partial charge in [-0.3, -0.25) is 9.59 Å². The molecule has 1 aromatic carbocycles. The molecular weight excluding hydrogens is 370 g/mol. The van der Waals surface area contributed by atoms with E-state index in [-0.39, 0.29) is 17.9 Å². The van der Waals surface area contributed by atoms with Gasteiger partial charge in [0.1, 0.15) is 5.92 Å². The molecule has 0 radical (unpaired) electrons. The van der Waals surface area contributed by atoms with Gasteiger partial charge in [0.05, 0.1) is 5.69 Å². The summed E-state index contributed by atoms with van der Waals surface area (Å²) in [6.45, 7) is 0.594. The Morgan fingerprint density at radius 2 is 1.88 bits per heavy atom. The highest BCUT2D eigenvalue weighted by Crippen LogP contribution is 2.32. The molecule has 3 aliphatic rings. The first-order valence-corrected chi connectivity index (χ1v) is 9.53. The zero-order valence-electron chi connectivity index (χ0n) is 13.5. The summed E-state index contributed by atoms with van der Waals surface area (Å²) in [5, 5.41) is 6.72. The number of amides is 2. The van der Waals surface area contributed by atoms with Crippen LogP contribution < -0.4 is 15.5 Å². The van der Waals surface area contributed by atoms with E-state index >= 15 is 0 Å². The maximum Gasteiger partial charge on any atom is 0.239 e. The summed E-state index contributed by atoms with van der Waals surface area (Å²) in [6.07, 6.45) is 4.96. The van der Waals surface area contributed by atoms with Gasteiger partial charge in [-0.25, -0.2) is 0 Å². The van der Waals surface area contributed by atoms with Gasteiger partial charge >= 0.3 is 0 Å². The summed E-state index contributed by atoms with van der Waals surface area (Å²) in [6, 6.07) is 8.93. The zero-order valence-corrected chi connectivity index (χ0v) is 15.1. The van der Waals surface area contributed by atoms with Crippen LogP contribution in [0.5, 0.6) is 0 Å². The maximum atomic E-state index is 12.7. The molecular formula is C18H22BrN3O2. The van der Waals surface area contributed by atoms with Crippen molar-refractivity contribution in [2.75, 3.05) is 11.4 Å². The SMILES string of the molecule is O=C(NC1CC2CCC(C1)N2)C1CCN(c2ccccc2Br)C1=O. The number of rotatable bonds is 3. The number of para-hydroxylation sites is 1. The Kier molecular flexibility index (Phi) is 4.35. The minimum absolute atomic E-state index is 0.0868. The van der Waals surface area contributed by atoms with Gasteiger partial charge in [0, 0.05) is 29.1 Å². The number of anilines is 1. The summed E-state index contributed by atoms with van der Waals surface area (Å²) < 4.78 is 0.884. The van der Waals surface area contributed by atoms with Gasteiger partial charge in [-0.1, -0.05) is 12.1 Å². The molecule has 4 rings (SSSR count). The van der Waals surface area contributed by atoms with Crippen molar-refractivity contribution in [1.29, 1.82) is 0 Å². The van der Waals surface area contributed by atoms with Crippen LogP contribution in [0.2, 0.25) is 0 Å². The molecule has 6 heteroatoms. The first kappa shape index (κ1) is 16.1. The normalized spacial score (nSPS) is 32.2. The standard InChI is InChI=1S/C18H22BrN3O2/c19-15-3-1-2-4-16(15)22-8-7-14(18(22)24)17(23)21-13-9-11-5-6-12(10-13)20-11/h1-4,11-14,20H,5-10H2,(H,21,23). The van der Waals surface area contributed by atoms with Crippen molar-refractivity contribution >= 4 is 33.4 Å². The summed E-state index contributed by atoms with van der Waals surface area (Å²) >= 11 is 3.49. The van der Waals surface area contributed by atoms with E-state index in [0.717, 1.165) is 23.0 Å². The lowest BCUT2D eigenvalue weighted by Crippen LogP contribution is -2.50. The molecule has 1 aromatic rings. The van der Waals surface area contributed by atoms with Gasteiger partial charge in [-0.2, -0.15) is 0 Å². The van der Waals surface area contributed by atoms with Crippen molar-refractivity contribution in [3.8, 4) is 0 Å². The number of nitrogens with zero attached hydrogens (tertiary/aromatic N) is 1. The second-order valence-electron chi connectivity index (χ2n) is 7.10. The second kappa shape index (κ2) is 6.48. The molecule has 3 atom stereocenters. The Morgan fingerprint density at radius 3 is 2.58 bits per heavy atom. The second-order valence-corrected chi connectivity index (χ2v) is 7.95. The Balaban J connectivity index is 1.41. The number of benzene rings is 1. The van der Waals surface area contributed by atoms with E-state index < -0.39 is 5.92 Å². The third-order valence-corrected chi connectivity index (χ3v) is 6.16. The third-order valence-electron chi connectivity index (χ3n) is 5.48. The molecule has 128 valence electrons. The van der Waals surface area contributed by atoms with E-state index in [9.17, 15) is 9.59 Å². The molecule has 0 aliphatic carbocycles. The van der Waals surface area contributed by atoms with Crippen molar-refractivity contribution in [2.24, 2.45) is 5.92 Å². The smallest absolute Gasteiger partial charge is 0.239 e. The van der Waals surface area contributed by atoms with E-state index in [4.69, 9.17) is 0 Å². The Morgan fingerprint density at radius 1 is 1.17 bits per heavy atom. The molecule has 0 spiro atoms. The molecule has 2 amide bonds. The number of fused-ring (bicyclic) bond motifs is 2. The highest BCUT2D eigenvalue weighted by atomic mass is 79.9. The Labute approximate surface area is 150 Å². The monoisotopic (exact) mass is 391 g/mol. The van der Waals surface area contributed by atoms with Gasteiger partial charge < -0.3 is 15.5 Å². The quantitative estimate of drug-likeness (QED) is 0.776. The fourth-order valence-corrected chi connectivity index (χ4v) is 4.81. The highest BCUT2D eigenvalue weighted by Gasteiger charge is 2.40. The lowest BCUT2D eigenvalue weighted by molar-refractivity contribution is -0.132. The van der Waals surface area contributed by atoms with Crippen LogP contribution in [-0.2, 0) is 9.59 Å². The molecule has 3 aliphatic heterocycles. The molecule has 0 aromatic heterocycles. The number of carbonyl (C=O) groups is 2. The first-order valence-electron chi connectivity index (χ1n) is 8.74. The van der Waals surface area contributed by atoms with Crippen LogP contribution in [0.25, 0.3) is 0 Å². The van der Waals surface area contributed by atoms with Crippen LogP contribution in [0.15, 0.2) is 28.7 Å². The molecule has 3 heterocycles. The largest absolute Gasteiger partial charge is 0.353 e. The molecule has 2 bridgehead atoms. The predicted octanol–water partition coefficient (Wildman–Crippen LogP) is 2.20. The van der Waals surface area contributed by atoms with Gasteiger partial charge in [-0.15, -0.1) is 0 Å². The van der Waals surface area contributed by atoms with Crippen LogP contribution in [0.3, 0.4) is 0 Å². The average Bonchev–Trinajstić information content (AvgIpc) is 3.10. The number of hydrogen-bond donors (Lipinski definition) is 2. The summed E-state index contributed by atoms with van der Waals surface area (Å²) in [4.78, 5) is 27.1. The number of piperidine rings is 1. The Hall–Kier alpha value is -1.40. The molecule has 3 fully saturated rings. The topological polar surface area (TPSA) is 61.4 Å². The number of halogens is 1. The van der Waals surface area contributed by atoms with Crippen molar-refractivity contribution < 1.29 is 9.59 Å².